The molecule has 0 saturated carbocycles. The molecule has 7 nitrogen and oxygen atoms in total. The molecule has 1 fully saturated rings. The quantitative estimate of drug-likeness (QED) is 0.769. The first kappa shape index (κ1) is 20.9. The lowest BCUT2D eigenvalue weighted by Crippen LogP contribution is -2.49. The number of benzene rings is 1. The first-order valence-electron chi connectivity index (χ1n) is 9.21. The molecule has 156 valence electrons. The number of ether oxygens (including phenoxy) is 2. The summed E-state index contributed by atoms with van der Waals surface area (Å²) in [6.45, 7) is 4.51. The Morgan fingerprint density at radius 2 is 1.93 bits per heavy atom. The summed E-state index contributed by atoms with van der Waals surface area (Å²) in [5.41, 5.74) is -4.80. The maximum absolute atomic E-state index is 14.1. The number of halogens is 2. The molecule has 2 heterocycles. The Morgan fingerprint density at radius 1 is 1.28 bits per heavy atom. The van der Waals surface area contributed by atoms with Crippen LogP contribution in [0.15, 0.2) is 52.2 Å². The minimum absolute atomic E-state index is 0.0705. The summed E-state index contributed by atoms with van der Waals surface area (Å²) in [4.78, 5) is 38.6. The Balaban J connectivity index is 2.11. The van der Waals surface area contributed by atoms with Gasteiger partial charge in [0.25, 0.3) is 12.0 Å². The zero-order chi connectivity index (χ0) is 21.4. The molecule has 0 spiro atoms. The second-order valence-corrected chi connectivity index (χ2v) is 7.26. The summed E-state index contributed by atoms with van der Waals surface area (Å²) < 4.78 is 40.6. The van der Waals surface area contributed by atoms with Crippen LogP contribution in [0.4, 0.5) is 8.78 Å². The Labute approximate surface area is 165 Å². The normalized spacial score (nSPS) is 29.2. The second-order valence-electron chi connectivity index (χ2n) is 7.26. The van der Waals surface area contributed by atoms with Crippen molar-refractivity contribution in [3.05, 3.63) is 69.0 Å². The maximum Gasteiger partial charge on any atom is 0.338 e. The van der Waals surface area contributed by atoms with E-state index in [0.717, 1.165) is 16.8 Å². The van der Waals surface area contributed by atoms with Crippen molar-refractivity contribution in [3.63, 3.8) is 0 Å². The van der Waals surface area contributed by atoms with Crippen molar-refractivity contribution in [1.82, 2.24) is 9.55 Å². The number of hydrogen-bond donors (Lipinski definition) is 1. The van der Waals surface area contributed by atoms with E-state index in [1.54, 1.807) is 25.1 Å². The van der Waals surface area contributed by atoms with Gasteiger partial charge in [0.05, 0.1) is 5.56 Å². The number of carbonyl (C=O) groups is 1. The van der Waals surface area contributed by atoms with Gasteiger partial charge in [-0.2, -0.15) is 0 Å². The van der Waals surface area contributed by atoms with Gasteiger partial charge in [-0.15, -0.1) is 0 Å². The number of rotatable bonds is 5. The summed E-state index contributed by atoms with van der Waals surface area (Å²) in [6.07, 6.45) is -3.17. The van der Waals surface area contributed by atoms with Gasteiger partial charge < -0.3 is 9.47 Å². The van der Waals surface area contributed by atoms with Crippen LogP contribution in [0.1, 0.15) is 43.8 Å². The standard InChI is InChI=1S/C20H22F2N2O5/c1-4-20(16(21)22)12(2)19(3,28-15(26)13-8-6-5-7-9-13)17(29-20)24-11-10-14(25)23-18(24)27/h5-12,16-17H,4H2,1-3H3,(H,23,25,27)/t12-,17+,19+,20+/m0/s1. The molecular formula is C20H22F2N2O5. The van der Waals surface area contributed by atoms with E-state index in [-0.39, 0.29) is 12.0 Å². The Bertz CT molecular complexity index is 1010. The number of esters is 1. The van der Waals surface area contributed by atoms with Gasteiger partial charge in [0.2, 0.25) is 0 Å². The lowest BCUT2D eigenvalue weighted by atomic mass is 9.78. The van der Waals surface area contributed by atoms with Crippen LogP contribution >= 0.6 is 0 Å². The highest BCUT2D eigenvalue weighted by molar-refractivity contribution is 5.89. The monoisotopic (exact) mass is 408 g/mol. The van der Waals surface area contributed by atoms with Crippen LogP contribution in [0.3, 0.4) is 0 Å². The molecule has 1 saturated heterocycles. The van der Waals surface area contributed by atoms with Crippen molar-refractivity contribution in [3.8, 4) is 0 Å². The lowest BCUT2D eigenvalue weighted by Gasteiger charge is -2.36. The van der Waals surface area contributed by atoms with E-state index in [1.807, 2.05) is 0 Å². The van der Waals surface area contributed by atoms with Gasteiger partial charge in [0.15, 0.2) is 11.8 Å². The van der Waals surface area contributed by atoms with E-state index < -0.39 is 47.0 Å². The molecule has 9 heteroatoms. The highest BCUT2D eigenvalue weighted by Gasteiger charge is 2.65. The molecule has 0 bridgehead atoms. The fourth-order valence-electron chi connectivity index (χ4n) is 3.83. The van der Waals surface area contributed by atoms with Crippen LogP contribution in [0.5, 0.6) is 0 Å². The van der Waals surface area contributed by atoms with Gasteiger partial charge in [-0.25, -0.2) is 18.4 Å². The average molecular weight is 408 g/mol. The minimum Gasteiger partial charge on any atom is -0.451 e. The Morgan fingerprint density at radius 3 is 2.48 bits per heavy atom. The van der Waals surface area contributed by atoms with E-state index in [0.29, 0.717) is 0 Å². The van der Waals surface area contributed by atoms with Crippen LogP contribution in [0.25, 0.3) is 0 Å². The molecular weight excluding hydrogens is 386 g/mol. The van der Waals surface area contributed by atoms with Gasteiger partial charge in [-0.1, -0.05) is 32.0 Å². The average Bonchev–Trinajstić information content (AvgIpc) is 2.91. The summed E-state index contributed by atoms with van der Waals surface area (Å²) in [5, 5.41) is 0. The van der Waals surface area contributed by atoms with Crippen molar-refractivity contribution in [2.24, 2.45) is 5.92 Å². The zero-order valence-electron chi connectivity index (χ0n) is 16.2. The molecule has 0 radical (unpaired) electrons. The van der Waals surface area contributed by atoms with E-state index in [1.165, 1.54) is 26.0 Å². The molecule has 3 rings (SSSR count). The van der Waals surface area contributed by atoms with Crippen LogP contribution in [0.2, 0.25) is 0 Å². The van der Waals surface area contributed by atoms with Crippen LogP contribution in [0, 0.1) is 5.92 Å². The van der Waals surface area contributed by atoms with Crippen LogP contribution in [-0.2, 0) is 9.47 Å². The fraction of sp³-hybridized carbons (Fsp3) is 0.450. The van der Waals surface area contributed by atoms with Gasteiger partial charge in [-0.05, 0) is 25.5 Å². The topological polar surface area (TPSA) is 90.4 Å². The van der Waals surface area contributed by atoms with Gasteiger partial charge in [-0.3, -0.25) is 14.3 Å². The molecule has 29 heavy (non-hydrogen) atoms. The van der Waals surface area contributed by atoms with Gasteiger partial charge in [0.1, 0.15) is 5.60 Å². The first-order valence-corrected chi connectivity index (χ1v) is 9.21. The molecule has 0 aliphatic carbocycles. The summed E-state index contributed by atoms with van der Waals surface area (Å²) in [5.74, 6) is -1.69. The van der Waals surface area contributed by atoms with E-state index >= 15 is 0 Å². The molecule has 1 N–H and O–H groups in total. The largest absolute Gasteiger partial charge is 0.451 e. The summed E-state index contributed by atoms with van der Waals surface area (Å²) >= 11 is 0. The highest BCUT2D eigenvalue weighted by Crippen LogP contribution is 2.54. The third-order valence-electron chi connectivity index (χ3n) is 5.76. The van der Waals surface area contributed by atoms with Crippen molar-refractivity contribution in [2.75, 3.05) is 0 Å². The summed E-state index contributed by atoms with van der Waals surface area (Å²) in [6, 6.07) is 9.16. The van der Waals surface area contributed by atoms with Crippen molar-refractivity contribution in [1.29, 1.82) is 0 Å². The SMILES string of the molecule is CC[C@@]1(C(F)F)O[C@@H](n2ccc(=O)[nH]c2=O)[C@](C)(OC(=O)c2ccccc2)[C@@H]1C. The zero-order valence-corrected chi connectivity index (χ0v) is 16.2. The molecule has 0 unspecified atom stereocenters. The number of alkyl halides is 2. The van der Waals surface area contributed by atoms with Crippen molar-refractivity contribution >= 4 is 5.97 Å². The second kappa shape index (κ2) is 7.55. The number of aromatic amines is 1. The molecule has 0 amide bonds. The molecule has 1 aliphatic rings. The molecule has 1 aromatic heterocycles. The summed E-state index contributed by atoms with van der Waals surface area (Å²) in [7, 11) is 0. The predicted molar refractivity (Wildman–Crippen MR) is 99.9 cm³/mol. The molecule has 1 aliphatic heterocycles. The van der Waals surface area contributed by atoms with Crippen LogP contribution in [-0.4, -0.2) is 33.1 Å². The number of carbonyl (C=O) groups excluding carboxylic acids is 1. The minimum atomic E-state index is -2.89. The third-order valence-corrected chi connectivity index (χ3v) is 5.76. The Hall–Kier alpha value is -2.81. The maximum atomic E-state index is 14.1. The smallest absolute Gasteiger partial charge is 0.338 e. The number of nitrogens with one attached hydrogen (secondary N) is 1. The van der Waals surface area contributed by atoms with E-state index in [2.05, 4.69) is 4.98 Å². The number of nitrogens with zero attached hydrogens (tertiary/aromatic N) is 1. The number of hydrogen-bond acceptors (Lipinski definition) is 5. The number of H-pyrrole nitrogens is 1. The van der Waals surface area contributed by atoms with E-state index in [9.17, 15) is 23.2 Å². The van der Waals surface area contributed by atoms with Crippen molar-refractivity contribution in [2.45, 2.75) is 51.0 Å². The van der Waals surface area contributed by atoms with Crippen LogP contribution < -0.4 is 11.2 Å². The molecule has 1 aromatic carbocycles. The first-order chi connectivity index (χ1) is 13.7. The van der Waals surface area contributed by atoms with Crippen molar-refractivity contribution < 1.29 is 23.0 Å². The number of aromatic nitrogens is 2. The van der Waals surface area contributed by atoms with Gasteiger partial charge in [0, 0.05) is 18.2 Å². The Kier molecular flexibility index (Phi) is 5.44. The predicted octanol–water partition coefficient (Wildman–Crippen LogP) is 2.73. The third kappa shape index (κ3) is 3.39. The molecule has 2 aromatic rings. The van der Waals surface area contributed by atoms with Gasteiger partial charge >= 0.3 is 11.7 Å². The van der Waals surface area contributed by atoms with E-state index in [4.69, 9.17) is 9.47 Å². The lowest BCUT2D eigenvalue weighted by molar-refractivity contribution is -0.169. The molecule has 4 atom stereocenters. The highest BCUT2D eigenvalue weighted by atomic mass is 19.3. The fourth-order valence-corrected chi connectivity index (χ4v) is 3.83.